The molecule has 34 heavy (non-hydrogen) atoms. The average molecular weight is 478 g/mol. The van der Waals surface area contributed by atoms with Crippen molar-refractivity contribution >= 4 is 22.6 Å². The van der Waals surface area contributed by atoms with Crippen LogP contribution in [0, 0.1) is 5.92 Å². The van der Waals surface area contributed by atoms with Crippen molar-refractivity contribution in [3.05, 3.63) is 70.4 Å². The molecule has 0 bridgehead atoms. The number of nitrogens with one attached hydrogen (secondary N) is 1. The van der Waals surface area contributed by atoms with E-state index in [9.17, 15) is 0 Å². The van der Waals surface area contributed by atoms with Crippen LogP contribution in [0.1, 0.15) is 50.0 Å². The van der Waals surface area contributed by atoms with Gasteiger partial charge >= 0.3 is 0 Å². The predicted octanol–water partition coefficient (Wildman–Crippen LogP) is 7.09. The summed E-state index contributed by atoms with van der Waals surface area (Å²) in [5.41, 5.74) is 4.33. The molecule has 2 aromatic heterocycles. The number of aromatic nitrogens is 2. The lowest BCUT2D eigenvalue weighted by molar-refractivity contribution is 0.221. The maximum absolute atomic E-state index is 6.26. The standard InChI is InChI=1S/C28H32ClN3O2/c1-19(2)18-33-26-10-7-22(29)15-21(26)16-23-8-11-27(34-23)28-30-24-9-6-20(14-25(24)31-28)17-32-12-4-3-5-13-32/h6-11,14-15,19H,3-5,12-13,16-18H2,1-2H3,(H,30,31). The topological polar surface area (TPSA) is 54.3 Å². The molecule has 1 aliphatic heterocycles. The lowest BCUT2D eigenvalue weighted by atomic mass is 10.1. The monoisotopic (exact) mass is 477 g/mol. The van der Waals surface area contributed by atoms with Gasteiger partial charge in [-0.05, 0) is 79.9 Å². The first-order valence-electron chi connectivity index (χ1n) is 12.2. The van der Waals surface area contributed by atoms with Crippen LogP contribution in [-0.4, -0.2) is 34.6 Å². The summed E-state index contributed by atoms with van der Waals surface area (Å²) in [4.78, 5) is 10.8. The molecule has 0 aliphatic carbocycles. The van der Waals surface area contributed by atoms with Gasteiger partial charge in [-0.2, -0.15) is 0 Å². The van der Waals surface area contributed by atoms with Gasteiger partial charge in [0.05, 0.1) is 17.6 Å². The first kappa shape index (κ1) is 23.0. The van der Waals surface area contributed by atoms with Gasteiger partial charge in [-0.3, -0.25) is 4.90 Å². The number of hydrogen-bond donors (Lipinski definition) is 1. The Kier molecular flexibility index (Phi) is 6.93. The highest BCUT2D eigenvalue weighted by Crippen LogP contribution is 2.29. The maximum atomic E-state index is 6.26. The van der Waals surface area contributed by atoms with Crippen LogP contribution in [0.5, 0.6) is 5.75 Å². The molecule has 4 aromatic rings. The molecule has 0 radical (unpaired) electrons. The Balaban J connectivity index is 1.32. The summed E-state index contributed by atoms with van der Waals surface area (Å²) < 4.78 is 12.2. The van der Waals surface area contributed by atoms with E-state index in [-0.39, 0.29) is 0 Å². The number of ether oxygens (including phenoxy) is 1. The lowest BCUT2D eigenvalue weighted by Crippen LogP contribution is -2.29. The molecular weight excluding hydrogens is 446 g/mol. The van der Waals surface area contributed by atoms with Crippen LogP contribution in [0.25, 0.3) is 22.6 Å². The van der Waals surface area contributed by atoms with E-state index in [1.54, 1.807) is 0 Å². The van der Waals surface area contributed by atoms with Crippen molar-refractivity contribution in [1.82, 2.24) is 14.9 Å². The zero-order valence-corrected chi connectivity index (χ0v) is 20.7. The van der Waals surface area contributed by atoms with Crippen LogP contribution in [0.15, 0.2) is 52.9 Å². The summed E-state index contributed by atoms with van der Waals surface area (Å²) in [5, 5.41) is 0.691. The minimum atomic E-state index is 0.451. The Morgan fingerprint density at radius 3 is 2.74 bits per heavy atom. The van der Waals surface area contributed by atoms with Gasteiger partial charge in [0.2, 0.25) is 0 Å². The number of likely N-dealkylation sites (tertiary alicyclic amines) is 1. The molecular formula is C28H32ClN3O2. The minimum Gasteiger partial charge on any atom is -0.493 e. The smallest absolute Gasteiger partial charge is 0.174 e. The van der Waals surface area contributed by atoms with Gasteiger partial charge in [0.1, 0.15) is 11.5 Å². The summed E-state index contributed by atoms with van der Waals surface area (Å²) in [7, 11) is 0. The summed E-state index contributed by atoms with van der Waals surface area (Å²) in [6.07, 6.45) is 4.57. The Hall–Kier alpha value is -2.76. The number of rotatable bonds is 8. The van der Waals surface area contributed by atoms with Gasteiger partial charge in [-0.25, -0.2) is 4.98 Å². The van der Waals surface area contributed by atoms with Gasteiger partial charge < -0.3 is 14.1 Å². The van der Waals surface area contributed by atoms with Gasteiger partial charge in [0.15, 0.2) is 11.6 Å². The second-order valence-corrected chi connectivity index (χ2v) is 10.1. The molecule has 5 rings (SSSR count). The Bertz CT molecular complexity index is 1250. The summed E-state index contributed by atoms with van der Waals surface area (Å²) in [5.74, 6) is 3.63. The highest BCUT2D eigenvalue weighted by atomic mass is 35.5. The minimum absolute atomic E-state index is 0.451. The van der Waals surface area contributed by atoms with E-state index in [0.29, 0.717) is 24.0 Å². The molecule has 5 nitrogen and oxygen atoms in total. The van der Waals surface area contributed by atoms with Crippen LogP contribution in [0.4, 0.5) is 0 Å². The largest absolute Gasteiger partial charge is 0.493 e. The number of benzene rings is 2. The van der Waals surface area contributed by atoms with Crippen molar-refractivity contribution in [1.29, 1.82) is 0 Å². The molecule has 0 unspecified atom stereocenters. The molecule has 1 aliphatic rings. The third kappa shape index (κ3) is 5.48. The van der Waals surface area contributed by atoms with E-state index in [1.807, 2.05) is 30.3 Å². The van der Waals surface area contributed by atoms with Gasteiger partial charge in [0.25, 0.3) is 0 Å². The molecule has 3 heterocycles. The number of hydrogen-bond acceptors (Lipinski definition) is 4. The van der Waals surface area contributed by atoms with Crippen LogP contribution in [0.3, 0.4) is 0 Å². The highest BCUT2D eigenvalue weighted by molar-refractivity contribution is 6.30. The van der Waals surface area contributed by atoms with Crippen molar-refractivity contribution in [2.45, 2.75) is 46.1 Å². The Labute approximate surface area is 206 Å². The van der Waals surface area contributed by atoms with Crippen LogP contribution >= 0.6 is 11.6 Å². The molecule has 0 atom stereocenters. The summed E-state index contributed by atoms with van der Waals surface area (Å²) in [6, 6.07) is 16.2. The van der Waals surface area contributed by atoms with Gasteiger partial charge in [0, 0.05) is 23.6 Å². The maximum Gasteiger partial charge on any atom is 0.174 e. The van der Waals surface area contributed by atoms with Crippen molar-refractivity contribution < 1.29 is 9.15 Å². The van der Waals surface area contributed by atoms with Crippen molar-refractivity contribution in [3.8, 4) is 17.3 Å². The van der Waals surface area contributed by atoms with Crippen LogP contribution in [-0.2, 0) is 13.0 Å². The molecule has 0 spiro atoms. The summed E-state index contributed by atoms with van der Waals surface area (Å²) >= 11 is 6.26. The van der Waals surface area contributed by atoms with Gasteiger partial charge in [-0.15, -0.1) is 0 Å². The third-order valence-electron chi connectivity index (χ3n) is 6.26. The fraction of sp³-hybridized carbons (Fsp3) is 0.393. The van der Waals surface area contributed by atoms with Crippen molar-refractivity contribution in [2.24, 2.45) is 5.92 Å². The number of imidazole rings is 1. The first-order valence-corrected chi connectivity index (χ1v) is 12.6. The number of H-pyrrole nitrogens is 1. The van der Waals surface area contributed by atoms with Crippen LogP contribution < -0.4 is 4.74 Å². The average Bonchev–Trinajstić information content (AvgIpc) is 3.46. The number of nitrogens with zero attached hydrogens (tertiary/aromatic N) is 2. The number of halogens is 1. The summed E-state index contributed by atoms with van der Waals surface area (Å²) in [6.45, 7) is 8.32. The van der Waals surface area contributed by atoms with E-state index < -0.39 is 0 Å². The second-order valence-electron chi connectivity index (χ2n) is 9.67. The molecule has 2 aromatic carbocycles. The highest BCUT2D eigenvalue weighted by Gasteiger charge is 2.15. The molecule has 6 heteroatoms. The zero-order chi connectivity index (χ0) is 23.5. The van der Waals surface area contributed by atoms with E-state index >= 15 is 0 Å². The lowest BCUT2D eigenvalue weighted by Gasteiger charge is -2.26. The molecule has 0 saturated carbocycles. The fourth-order valence-electron chi connectivity index (χ4n) is 4.52. The normalized spacial score (nSPS) is 14.8. The Morgan fingerprint density at radius 2 is 1.91 bits per heavy atom. The van der Waals surface area contributed by atoms with E-state index in [1.165, 1.54) is 37.9 Å². The quantitative estimate of drug-likeness (QED) is 0.294. The molecule has 1 N–H and O–H groups in total. The van der Waals surface area contributed by atoms with E-state index in [2.05, 4.69) is 41.9 Å². The molecule has 1 fully saturated rings. The second kappa shape index (κ2) is 10.2. The molecule has 1 saturated heterocycles. The Morgan fingerprint density at radius 1 is 1.06 bits per heavy atom. The van der Waals surface area contributed by atoms with E-state index in [0.717, 1.165) is 46.2 Å². The molecule has 0 amide bonds. The number of fused-ring (bicyclic) bond motifs is 1. The number of piperidine rings is 1. The van der Waals surface area contributed by atoms with Gasteiger partial charge in [-0.1, -0.05) is 37.9 Å². The third-order valence-corrected chi connectivity index (χ3v) is 6.49. The number of furan rings is 1. The SMILES string of the molecule is CC(C)COc1ccc(Cl)cc1Cc1ccc(-c2nc3ccc(CN4CCCCC4)cc3[nH]2)o1. The first-order chi connectivity index (χ1) is 16.5. The van der Waals surface area contributed by atoms with Crippen LogP contribution in [0.2, 0.25) is 5.02 Å². The van der Waals surface area contributed by atoms with Crippen molar-refractivity contribution in [3.63, 3.8) is 0 Å². The molecule has 178 valence electrons. The zero-order valence-electron chi connectivity index (χ0n) is 19.9. The number of aromatic amines is 1. The fourth-order valence-corrected chi connectivity index (χ4v) is 4.71. The predicted molar refractivity (Wildman–Crippen MR) is 138 cm³/mol. The van der Waals surface area contributed by atoms with E-state index in [4.69, 9.17) is 25.7 Å². The van der Waals surface area contributed by atoms with Crippen molar-refractivity contribution in [2.75, 3.05) is 19.7 Å².